The number of nitrogens with zero attached hydrogens (tertiary/aromatic N) is 3. The molecule has 1 aliphatic rings. The lowest BCUT2D eigenvalue weighted by molar-refractivity contribution is 0.0671. The molecule has 1 aromatic carbocycles. The maximum Gasteiger partial charge on any atom is 0.272 e. The summed E-state index contributed by atoms with van der Waals surface area (Å²) in [5.74, 6) is 0.479. The van der Waals surface area contributed by atoms with Crippen molar-refractivity contribution in [2.45, 2.75) is 71.4 Å². The van der Waals surface area contributed by atoms with Crippen LogP contribution in [0.1, 0.15) is 74.1 Å². The second-order valence-corrected chi connectivity index (χ2v) is 7.60. The number of carbonyl (C=O) groups excluding carboxylic acids is 1. The van der Waals surface area contributed by atoms with Crippen LogP contribution in [0.25, 0.3) is 0 Å². The van der Waals surface area contributed by atoms with Gasteiger partial charge in [-0.2, -0.15) is 5.10 Å². The molecule has 4 nitrogen and oxygen atoms in total. The summed E-state index contributed by atoms with van der Waals surface area (Å²) in [4.78, 5) is 15.6. The molecule has 0 radical (unpaired) electrons. The second kappa shape index (κ2) is 8.52. The number of hydrogen-bond acceptors (Lipinski definition) is 2. The van der Waals surface area contributed by atoms with Crippen LogP contribution in [0.5, 0.6) is 0 Å². The molecule has 140 valence electrons. The molecule has 1 saturated carbocycles. The first kappa shape index (κ1) is 18.7. The van der Waals surface area contributed by atoms with Gasteiger partial charge in [-0.3, -0.25) is 9.48 Å². The highest BCUT2D eigenvalue weighted by molar-refractivity contribution is 5.93. The summed E-state index contributed by atoms with van der Waals surface area (Å²) < 4.78 is 1.88. The molecule has 1 amide bonds. The van der Waals surface area contributed by atoms with E-state index >= 15 is 0 Å². The Morgan fingerprint density at radius 2 is 1.92 bits per heavy atom. The number of amides is 1. The lowest BCUT2D eigenvalue weighted by Crippen LogP contribution is -2.41. The molecule has 1 heterocycles. The van der Waals surface area contributed by atoms with Crippen LogP contribution in [-0.2, 0) is 13.0 Å². The van der Waals surface area contributed by atoms with Crippen LogP contribution in [0.2, 0.25) is 0 Å². The van der Waals surface area contributed by atoms with Crippen molar-refractivity contribution in [2.75, 3.05) is 6.54 Å². The summed E-state index contributed by atoms with van der Waals surface area (Å²) in [5.41, 5.74) is 3.04. The zero-order valence-electron chi connectivity index (χ0n) is 16.3. The van der Waals surface area contributed by atoms with Gasteiger partial charge >= 0.3 is 0 Å². The van der Waals surface area contributed by atoms with E-state index in [4.69, 9.17) is 0 Å². The van der Waals surface area contributed by atoms with Gasteiger partial charge < -0.3 is 4.90 Å². The Balaban J connectivity index is 1.82. The van der Waals surface area contributed by atoms with Crippen molar-refractivity contribution >= 4 is 5.91 Å². The van der Waals surface area contributed by atoms with E-state index in [1.807, 2.05) is 16.8 Å². The fourth-order valence-corrected chi connectivity index (χ4v) is 3.84. The topological polar surface area (TPSA) is 38.1 Å². The van der Waals surface area contributed by atoms with E-state index in [1.54, 1.807) is 0 Å². The normalized spacial score (nSPS) is 14.9. The lowest BCUT2D eigenvalue weighted by atomic mass is 10.1. The summed E-state index contributed by atoms with van der Waals surface area (Å²) in [7, 11) is 0. The summed E-state index contributed by atoms with van der Waals surface area (Å²) in [5, 5.41) is 4.65. The quantitative estimate of drug-likeness (QED) is 0.726. The molecule has 0 N–H and O–H groups in total. The highest BCUT2D eigenvalue weighted by Gasteiger charge is 2.29. The third-order valence-corrected chi connectivity index (χ3v) is 5.42. The van der Waals surface area contributed by atoms with Crippen LogP contribution in [-0.4, -0.2) is 33.2 Å². The van der Waals surface area contributed by atoms with E-state index in [2.05, 4.69) is 55.0 Å². The summed E-state index contributed by atoms with van der Waals surface area (Å²) >= 11 is 0. The molecule has 3 rings (SSSR count). The van der Waals surface area contributed by atoms with Gasteiger partial charge in [-0.15, -0.1) is 0 Å². The minimum absolute atomic E-state index is 0.147. The molecule has 1 aromatic heterocycles. The van der Waals surface area contributed by atoms with Gasteiger partial charge in [0, 0.05) is 19.1 Å². The van der Waals surface area contributed by atoms with Crippen molar-refractivity contribution in [2.24, 2.45) is 0 Å². The summed E-state index contributed by atoms with van der Waals surface area (Å²) in [6.07, 6.45) is 5.60. The molecule has 1 aliphatic carbocycles. The predicted octanol–water partition coefficient (Wildman–Crippen LogP) is 4.65. The van der Waals surface area contributed by atoms with Gasteiger partial charge in [0.25, 0.3) is 5.91 Å². The van der Waals surface area contributed by atoms with E-state index in [-0.39, 0.29) is 5.91 Å². The Labute approximate surface area is 157 Å². The predicted molar refractivity (Wildman–Crippen MR) is 105 cm³/mol. The number of rotatable bonds is 7. The Hall–Kier alpha value is -2.10. The molecule has 26 heavy (non-hydrogen) atoms. The smallest absolute Gasteiger partial charge is 0.272 e. The highest BCUT2D eigenvalue weighted by atomic mass is 16.2. The molecule has 0 unspecified atom stereocenters. The largest absolute Gasteiger partial charge is 0.334 e. The maximum absolute atomic E-state index is 13.4. The fraction of sp³-hybridized carbons (Fsp3) is 0.545. The van der Waals surface area contributed by atoms with Gasteiger partial charge in [0.1, 0.15) is 5.69 Å². The van der Waals surface area contributed by atoms with E-state index in [1.165, 1.54) is 18.4 Å². The molecule has 1 fully saturated rings. The zero-order chi connectivity index (χ0) is 18.5. The van der Waals surface area contributed by atoms with E-state index in [0.29, 0.717) is 12.0 Å². The molecule has 2 aromatic rings. The van der Waals surface area contributed by atoms with Crippen molar-refractivity contribution < 1.29 is 4.79 Å². The molecule has 0 atom stereocenters. The maximum atomic E-state index is 13.4. The van der Waals surface area contributed by atoms with Gasteiger partial charge in [-0.05, 0) is 43.7 Å². The van der Waals surface area contributed by atoms with Gasteiger partial charge in [-0.1, -0.05) is 57.0 Å². The van der Waals surface area contributed by atoms with Gasteiger partial charge in [0.05, 0.1) is 5.69 Å². The minimum atomic E-state index is 0.147. The summed E-state index contributed by atoms with van der Waals surface area (Å²) in [6.45, 7) is 7.81. The average Bonchev–Trinajstić information content (AvgIpc) is 3.32. The third kappa shape index (κ3) is 4.17. The molecule has 0 spiro atoms. The first-order chi connectivity index (χ1) is 12.6. The Kier molecular flexibility index (Phi) is 6.12. The van der Waals surface area contributed by atoms with Crippen LogP contribution in [0.4, 0.5) is 0 Å². The monoisotopic (exact) mass is 353 g/mol. The van der Waals surface area contributed by atoms with Crippen molar-refractivity contribution in [1.29, 1.82) is 0 Å². The minimum Gasteiger partial charge on any atom is -0.334 e. The van der Waals surface area contributed by atoms with E-state index in [0.717, 1.165) is 43.7 Å². The number of carbonyl (C=O) groups is 1. The number of aromatic nitrogens is 2. The van der Waals surface area contributed by atoms with E-state index in [9.17, 15) is 4.79 Å². The van der Waals surface area contributed by atoms with Gasteiger partial charge in [-0.25, -0.2) is 0 Å². The third-order valence-electron chi connectivity index (χ3n) is 5.42. The van der Waals surface area contributed by atoms with Crippen LogP contribution >= 0.6 is 0 Å². The lowest BCUT2D eigenvalue weighted by Gasteiger charge is -2.29. The van der Waals surface area contributed by atoms with Crippen molar-refractivity contribution in [3.63, 3.8) is 0 Å². The van der Waals surface area contributed by atoms with Crippen LogP contribution < -0.4 is 0 Å². The number of aryl methyl sites for hydroxylation is 1. The van der Waals surface area contributed by atoms with E-state index < -0.39 is 0 Å². The van der Waals surface area contributed by atoms with Crippen LogP contribution in [0.3, 0.4) is 0 Å². The SMILES string of the molecule is CCn1nc(C(C)C)cc1C(=O)N(CCc1ccccc1)C1CCCC1. The van der Waals surface area contributed by atoms with Crippen LogP contribution in [0.15, 0.2) is 36.4 Å². The fourth-order valence-electron chi connectivity index (χ4n) is 3.84. The molecular formula is C22H31N3O. The molecular weight excluding hydrogens is 322 g/mol. The highest BCUT2D eigenvalue weighted by Crippen LogP contribution is 2.26. The van der Waals surface area contributed by atoms with Crippen molar-refractivity contribution in [1.82, 2.24) is 14.7 Å². The Bertz CT molecular complexity index is 714. The number of hydrogen-bond donors (Lipinski definition) is 0. The number of benzene rings is 1. The van der Waals surface area contributed by atoms with Crippen LogP contribution in [0, 0.1) is 0 Å². The second-order valence-electron chi connectivity index (χ2n) is 7.60. The van der Waals surface area contributed by atoms with Gasteiger partial charge in [0.15, 0.2) is 0 Å². The zero-order valence-corrected chi connectivity index (χ0v) is 16.3. The first-order valence-electron chi connectivity index (χ1n) is 10.0. The summed E-state index contributed by atoms with van der Waals surface area (Å²) in [6, 6.07) is 12.8. The Morgan fingerprint density at radius 1 is 1.23 bits per heavy atom. The van der Waals surface area contributed by atoms with Gasteiger partial charge in [0.2, 0.25) is 0 Å². The molecule has 4 heteroatoms. The molecule has 0 saturated heterocycles. The Morgan fingerprint density at radius 3 is 2.54 bits per heavy atom. The average molecular weight is 354 g/mol. The first-order valence-corrected chi connectivity index (χ1v) is 10.0. The molecule has 0 aliphatic heterocycles. The van der Waals surface area contributed by atoms with Crippen molar-refractivity contribution in [3.8, 4) is 0 Å². The molecule has 0 bridgehead atoms. The van der Waals surface area contributed by atoms with Crippen molar-refractivity contribution in [3.05, 3.63) is 53.3 Å². The standard InChI is InChI=1S/C22H31N3O/c1-4-25-21(16-20(23-25)17(2)3)22(26)24(19-12-8-9-13-19)15-14-18-10-6-5-7-11-18/h5-7,10-11,16-17,19H,4,8-9,12-15H2,1-3H3.